The fraction of sp³-hybridized carbons (Fsp3) is 0.174. The number of carbonyl (C=O) groups excluding carboxylic acids is 1. The maximum absolute atomic E-state index is 13.9. The second-order valence-corrected chi connectivity index (χ2v) is 9.20. The second kappa shape index (κ2) is 7.57. The van der Waals surface area contributed by atoms with Gasteiger partial charge in [-0.3, -0.25) is 9.10 Å². The largest absolute Gasteiger partial charge is 0.348 e. The lowest BCUT2D eigenvalue weighted by molar-refractivity contribution is -0.120. The third-order valence-corrected chi connectivity index (χ3v) is 7.03. The summed E-state index contributed by atoms with van der Waals surface area (Å²) in [4.78, 5) is 12.8. The molecule has 7 heteroatoms. The Bertz CT molecular complexity index is 1220. The minimum atomic E-state index is -3.96. The molecule has 1 atom stereocenters. The summed E-state index contributed by atoms with van der Waals surface area (Å²) in [6, 6.07) is 17.8. The van der Waals surface area contributed by atoms with E-state index < -0.39 is 28.3 Å². The highest BCUT2D eigenvalue weighted by Gasteiger charge is 2.36. The number of carbonyl (C=O) groups is 1. The van der Waals surface area contributed by atoms with E-state index in [4.69, 9.17) is 0 Å². The van der Waals surface area contributed by atoms with Crippen LogP contribution in [0.3, 0.4) is 0 Å². The van der Waals surface area contributed by atoms with Gasteiger partial charge in [-0.2, -0.15) is 0 Å². The molecule has 1 aliphatic rings. The van der Waals surface area contributed by atoms with Crippen molar-refractivity contribution in [2.75, 3.05) is 10.8 Å². The van der Waals surface area contributed by atoms with E-state index in [2.05, 4.69) is 5.32 Å². The van der Waals surface area contributed by atoms with E-state index in [0.29, 0.717) is 11.1 Å². The standard InChI is InChI=1S/C23H21FN2O3S/c1-15-7-9-17(10-8-15)16(2)25-23(27)14-26-21-12-11-18(24)13-20(21)19-5-3-4-6-22(19)30(26,28)29/h3-13,16H,14H2,1-2H3,(H,25,27)/t16-/m0/s1. The van der Waals surface area contributed by atoms with Crippen LogP contribution in [-0.4, -0.2) is 20.9 Å². The van der Waals surface area contributed by atoms with Crippen LogP contribution in [-0.2, 0) is 14.8 Å². The number of amides is 1. The van der Waals surface area contributed by atoms with E-state index in [9.17, 15) is 17.6 Å². The number of fused-ring (bicyclic) bond motifs is 3. The third kappa shape index (κ3) is 3.57. The van der Waals surface area contributed by atoms with Crippen molar-refractivity contribution in [3.05, 3.63) is 83.7 Å². The fourth-order valence-corrected chi connectivity index (χ4v) is 5.28. The first-order valence-electron chi connectivity index (χ1n) is 9.55. The van der Waals surface area contributed by atoms with Crippen LogP contribution in [0.25, 0.3) is 11.1 Å². The van der Waals surface area contributed by atoms with E-state index in [1.54, 1.807) is 18.2 Å². The molecule has 0 unspecified atom stereocenters. The number of sulfonamides is 1. The van der Waals surface area contributed by atoms with Gasteiger partial charge in [0.25, 0.3) is 10.0 Å². The van der Waals surface area contributed by atoms with Crippen LogP contribution in [0, 0.1) is 12.7 Å². The summed E-state index contributed by atoms with van der Waals surface area (Å²) in [6.07, 6.45) is 0. The van der Waals surface area contributed by atoms with E-state index in [-0.39, 0.29) is 16.6 Å². The molecule has 154 valence electrons. The fourth-order valence-electron chi connectivity index (χ4n) is 3.63. The number of benzene rings is 3. The van der Waals surface area contributed by atoms with Gasteiger partial charge in [-0.15, -0.1) is 0 Å². The Balaban J connectivity index is 1.65. The van der Waals surface area contributed by atoms with Crippen LogP contribution in [0.15, 0.2) is 71.6 Å². The van der Waals surface area contributed by atoms with Gasteiger partial charge < -0.3 is 5.32 Å². The summed E-state index contributed by atoms with van der Waals surface area (Å²) in [7, 11) is -3.96. The molecule has 3 aromatic rings. The van der Waals surface area contributed by atoms with Crippen molar-refractivity contribution >= 4 is 21.6 Å². The van der Waals surface area contributed by atoms with Crippen LogP contribution >= 0.6 is 0 Å². The van der Waals surface area contributed by atoms with Gasteiger partial charge in [0.2, 0.25) is 5.91 Å². The lowest BCUT2D eigenvalue weighted by Crippen LogP contribution is -2.43. The molecule has 30 heavy (non-hydrogen) atoms. The van der Waals surface area contributed by atoms with Gasteiger partial charge in [-0.05, 0) is 43.7 Å². The normalized spacial score (nSPS) is 15.1. The summed E-state index contributed by atoms with van der Waals surface area (Å²) in [5, 5.41) is 2.85. The molecule has 1 heterocycles. The number of hydrogen-bond donors (Lipinski definition) is 1. The first kappa shape index (κ1) is 20.1. The lowest BCUT2D eigenvalue weighted by atomic mass is 10.0. The minimum Gasteiger partial charge on any atom is -0.348 e. The molecule has 0 fully saturated rings. The van der Waals surface area contributed by atoms with Crippen LogP contribution in [0.4, 0.5) is 10.1 Å². The molecule has 5 nitrogen and oxygen atoms in total. The van der Waals surface area contributed by atoms with Crippen LogP contribution in [0.2, 0.25) is 0 Å². The maximum atomic E-state index is 13.9. The Morgan fingerprint density at radius 1 is 1.03 bits per heavy atom. The molecule has 0 saturated carbocycles. The summed E-state index contributed by atoms with van der Waals surface area (Å²) < 4.78 is 41.4. The zero-order valence-electron chi connectivity index (χ0n) is 16.6. The molecular weight excluding hydrogens is 403 g/mol. The molecule has 1 amide bonds. The van der Waals surface area contributed by atoms with Crippen molar-refractivity contribution in [1.82, 2.24) is 5.32 Å². The van der Waals surface area contributed by atoms with E-state index in [1.807, 2.05) is 38.1 Å². The Labute approximate surface area is 175 Å². The quantitative estimate of drug-likeness (QED) is 0.683. The van der Waals surface area contributed by atoms with Gasteiger partial charge in [-0.1, -0.05) is 48.0 Å². The number of hydrogen-bond acceptors (Lipinski definition) is 3. The van der Waals surface area contributed by atoms with Gasteiger partial charge in [0, 0.05) is 11.1 Å². The first-order chi connectivity index (χ1) is 14.3. The number of anilines is 1. The molecule has 0 radical (unpaired) electrons. The first-order valence-corrected chi connectivity index (χ1v) is 11.0. The molecule has 0 aliphatic carbocycles. The predicted molar refractivity (Wildman–Crippen MR) is 114 cm³/mol. The van der Waals surface area contributed by atoms with E-state index in [0.717, 1.165) is 15.4 Å². The highest BCUT2D eigenvalue weighted by atomic mass is 32.2. The van der Waals surface area contributed by atoms with Gasteiger partial charge >= 0.3 is 0 Å². The van der Waals surface area contributed by atoms with Crippen molar-refractivity contribution in [3.63, 3.8) is 0 Å². The minimum absolute atomic E-state index is 0.0579. The summed E-state index contributed by atoms with van der Waals surface area (Å²) in [5.41, 5.74) is 3.19. The molecule has 3 aromatic carbocycles. The van der Waals surface area contributed by atoms with Crippen LogP contribution < -0.4 is 9.62 Å². The van der Waals surface area contributed by atoms with Gasteiger partial charge in [-0.25, -0.2) is 12.8 Å². The van der Waals surface area contributed by atoms with Crippen molar-refractivity contribution in [2.45, 2.75) is 24.8 Å². The van der Waals surface area contributed by atoms with Crippen molar-refractivity contribution in [1.29, 1.82) is 0 Å². The van der Waals surface area contributed by atoms with Crippen molar-refractivity contribution < 1.29 is 17.6 Å². The highest BCUT2D eigenvalue weighted by molar-refractivity contribution is 7.93. The average Bonchev–Trinajstić information content (AvgIpc) is 2.72. The molecule has 1 aliphatic heterocycles. The molecule has 0 saturated heterocycles. The zero-order valence-corrected chi connectivity index (χ0v) is 17.4. The van der Waals surface area contributed by atoms with E-state index >= 15 is 0 Å². The average molecular weight is 424 g/mol. The number of aryl methyl sites for hydroxylation is 1. The zero-order chi connectivity index (χ0) is 21.5. The molecule has 4 rings (SSSR count). The number of nitrogens with zero attached hydrogens (tertiary/aromatic N) is 1. The smallest absolute Gasteiger partial charge is 0.265 e. The van der Waals surface area contributed by atoms with Crippen molar-refractivity contribution in [3.8, 4) is 11.1 Å². The molecule has 0 aromatic heterocycles. The summed E-state index contributed by atoms with van der Waals surface area (Å²) in [6.45, 7) is 3.42. The number of rotatable bonds is 4. The van der Waals surface area contributed by atoms with Crippen LogP contribution in [0.5, 0.6) is 0 Å². The Kier molecular flexibility index (Phi) is 5.07. The highest BCUT2D eigenvalue weighted by Crippen LogP contribution is 2.43. The van der Waals surface area contributed by atoms with Crippen LogP contribution in [0.1, 0.15) is 24.1 Å². The monoisotopic (exact) mass is 424 g/mol. The molecule has 0 spiro atoms. The second-order valence-electron chi connectivity index (χ2n) is 7.37. The van der Waals surface area contributed by atoms with Crippen molar-refractivity contribution in [2.24, 2.45) is 0 Å². The maximum Gasteiger partial charge on any atom is 0.265 e. The third-order valence-electron chi connectivity index (χ3n) is 5.21. The van der Waals surface area contributed by atoms with Gasteiger partial charge in [0.15, 0.2) is 0 Å². The van der Waals surface area contributed by atoms with Gasteiger partial charge in [0.05, 0.1) is 16.6 Å². The SMILES string of the molecule is Cc1ccc([C@H](C)NC(=O)CN2c3ccc(F)cc3-c3ccccc3S2(=O)=O)cc1. The Hall–Kier alpha value is -3.19. The number of halogens is 1. The number of nitrogens with one attached hydrogen (secondary N) is 1. The lowest BCUT2D eigenvalue weighted by Gasteiger charge is -2.32. The summed E-state index contributed by atoms with van der Waals surface area (Å²) >= 11 is 0. The predicted octanol–water partition coefficient (Wildman–Crippen LogP) is 4.19. The van der Waals surface area contributed by atoms with Gasteiger partial charge in [0.1, 0.15) is 12.4 Å². The Morgan fingerprint density at radius 2 is 1.73 bits per heavy atom. The molecular formula is C23H21FN2O3S. The van der Waals surface area contributed by atoms with E-state index in [1.165, 1.54) is 24.3 Å². The molecule has 1 N–H and O–H groups in total. The molecule has 0 bridgehead atoms. The topological polar surface area (TPSA) is 66.5 Å². The Morgan fingerprint density at radius 3 is 2.47 bits per heavy atom. The summed E-state index contributed by atoms with van der Waals surface area (Å²) in [5.74, 6) is -0.915.